The zero-order chi connectivity index (χ0) is 16.0. The average molecular weight is 336 g/mol. The zero-order valence-corrected chi connectivity index (χ0v) is 13.8. The van der Waals surface area contributed by atoms with E-state index >= 15 is 0 Å². The molecule has 0 radical (unpaired) electrons. The van der Waals surface area contributed by atoms with Crippen LogP contribution in [0.2, 0.25) is 0 Å². The zero-order valence-electron chi connectivity index (χ0n) is 13.0. The number of hydrogen-bond acceptors (Lipinski definition) is 6. The molecule has 9 heteroatoms. The van der Waals surface area contributed by atoms with Crippen LogP contribution >= 0.6 is 0 Å². The maximum atomic E-state index is 11.5. The Morgan fingerprint density at radius 3 is 3.04 bits per heavy atom. The molecule has 0 bridgehead atoms. The van der Waals surface area contributed by atoms with Gasteiger partial charge in [0, 0.05) is 24.9 Å². The predicted octanol–water partition coefficient (Wildman–Crippen LogP) is 0.668. The van der Waals surface area contributed by atoms with Crippen molar-refractivity contribution in [2.45, 2.75) is 44.1 Å². The summed E-state index contributed by atoms with van der Waals surface area (Å²) in [6.45, 7) is 0.877. The van der Waals surface area contributed by atoms with Crippen molar-refractivity contribution in [1.82, 2.24) is 24.3 Å². The lowest BCUT2D eigenvalue weighted by Gasteiger charge is -2.28. The fourth-order valence-electron chi connectivity index (χ4n) is 3.75. The Hall–Kier alpha value is -1.74. The lowest BCUT2D eigenvalue weighted by atomic mass is 9.85. The Labute approximate surface area is 134 Å². The number of fused-ring (bicyclic) bond motifs is 3. The fraction of sp³-hybridized carbons (Fsp3) is 0.643. The van der Waals surface area contributed by atoms with Crippen LogP contribution in [0.4, 0.5) is 5.82 Å². The second-order valence-corrected chi connectivity index (χ2v) is 8.21. The van der Waals surface area contributed by atoms with Gasteiger partial charge in [0.2, 0.25) is 10.0 Å². The van der Waals surface area contributed by atoms with E-state index in [0.29, 0.717) is 0 Å². The van der Waals surface area contributed by atoms with Crippen LogP contribution in [0.5, 0.6) is 0 Å². The first-order valence-corrected chi connectivity index (χ1v) is 9.84. The number of aromatic nitrogens is 4. The highest BCUT2D eigenvalue weighted by molar-refractivity contribution is 7.88. The van der Waals surface area contributed by atoms with Gasteiger partial charge >= 0.3 is 0 Å². The molecule has 1 aliphatic carbocycles. The molecule has 2 aromatic rings. The molecule has 2 aromatic heterocycles. The molecule has 0 unspecified atom stereocenters. The van der Waals surface area contributed by atoms with Crippen molar-refractivity contribution in [3.8, 4) is 0 Å². The smallest absolute Gasteiger partial charge is 0.208 e. The number of hydrogen-bond donors (Lipinski definition) is 2. The molecule has 1 aliphatic heterocycles. The van der Waals surface area contributed by atoms with E-state index in [2.05, 4.69) is 29.6 Å². The highest BCUT2D eigenvalue weighted by atomic mass is 32.2. The summed E-state index contributed by atoms with van der Waals surface area (Å²) < 4.78 is 27.8. The summed E-state index contributed by atoms with van der Waals surface area (Å²) in [5.41, 5.74) is 1.89. The molecule has 1 fully saturated rings. The van der Waals surface area contributed by atoms with E-state index in [1.54, 1.807) is 6.20 Å². The summed E-state index contributed by atoms with van der Waals surface area (Å²) in [5.74, 6) is 2.05. The van der Waals surface area contributed by atoms with Crippen molar-refractivity contribution in [2.24, 2.45) is 0 Å². The van der Waals surface area contributed by atoms with Gasteiger partial charge in [-0.2, -0.15) is 0 Å². The third-order valence-corrected chi connectivity index (χ3v) is 5.40. The molecule has 0 saturated heterocycles. The van der Waals surface area contributed by atoms with E-state index in [0.717, 1.165) is 61.6 Å². The largest absolute Gasteiger partial charge is 0.368 e. The summed E-state index contributed by atoms with van der Waals surface area (Å²) in [5, 5.41) is 11.9. The van der Waals surface area contributed by atoms with Crippen molar-refractivity contribution in [3.05, 3.63) is 17.7 Å². The number of nitrogens with one attached hydrogen (secondary N) is 2. The molecule has 1 saturated carbocycles. The number of sulfonamides is 1. The highest BCUT2D eigenvalue weighted by Gasteiger charge is 2.30. The van der Waals surface area contributed by atoms with Crippen molar-refractivity contribution in [1.29, 1.82) is 0 Å². The van der Waals surface area contributed by atoms with Gasteiger partial charge in [0.15, 0.2) is 5.65 Å². The van der Waals surface area contributed by atoms with E-state index in [-0.39, 0.29) is 12.0 Å². The van der Waals surface area contributed by atoms with Crippen LogP contribution in [0.25, 0.3) is 5.65 Å². The van der Waals surface area contributed by atoms with Gasteiger partial charge in [0.05, 0.1) is 18.1 Å². The van der Waals surface area contributed by atoms with Crippen molar-refractivity contribution in [3.63, 3.8) is 0 Å². The first kappa shape index (κ1) is 14.8. The minimum atomic E-state index is -3.18. The number of nitrogens with zero attached hydrogens (tertiary/aromatic N) is 4. The molecule has 0 amide bonds. The number of anilines is 1. The first-order valence-electron chi connectivity index (χ1n) is 7.95. The van der Waals surface area contributed by atoms with Crippen molar-refractivity contribution < 1.29 is 8.42 Å². The third kappa shape index (κ3) is 2.78. The Balaban J connectivity index is 1.68. The molecule has 2 aliphatic rings. The molecule has 8 nitrogen and oxygen atoms in total. The Morgan fingerprint density at radius 2 is 2.22 bits per heavy atom. The molecule has 124 valence electrons. The molecule has 2 N–H and O–H groups in total. The lowest BCUT2D eigenvalue weighted by molar-refractivity contribution is 0.360. The van der Waals surface area contributed by atoms with Crippen molar-refractivity contribution >= 4 is 21.5 Å². The summed E-state index contributed by atoms with van der Waals surface area (Å²) in [6.07, 6.45) is 7.49. The van der Waals surface area contributed by atoms with Gasteiger partial charge in [0.25, 0.3) is 0 Å². The Bertz CT molecular complexity index is 846. The molecule has 2 atom stereocenters. The molecule has 23 heavy (non-hydrogen) atoms. The lowest BCUT2D eigenvalue weighted by Crippen LogP contribution is -2.37. The minimum Gasteiger partial charge on any atom is -0.368 e. The van der Waals surface area contributed by atoms with Crippen LogP contribution in [0, 0.1) is 0 Å². The average Bonchev–Trinajstić information content (AvgIpc) is 3.11. The monoisotopic (exact) mass is 336 g/mol. The number of rotatable bonds is 3. The molecule has 0 spiro atoms. The fourth-order valence-corrected chi connectivity index (χ4v) is 4.57. The van der Waals surface area contributed by atoms with Crippen LogP contribution in [0.3, 0.4) is 0 Å². The molecule has 3 heterocycles. The standard InChI is InChI=1S/C14H20N6O2S/c1-23(21,22)19-10-4-2-3-9(7-10)14-18-17-12-8-16-13-11(20(12)14)5-6-15-13/h8-10,15,19H,2-7H2,1H3/t9-,10+/m0/s1. The van der Waals surface area contributed by atoms with Gasteiger partial charge in [-0.3, -0.25) is 4.40 Å². The minimum absolute atomic E-state index is 0.0240. The summed E-state index contributed by atoms with van der Waals surface area (Å²) in [4.78, 5) is 4.38. The van der Waals surface area contributed by atoms with Gasteiger partial charge in [-0.15, -0.1) is 10.2 Å². The van der Waals surface area contributed by atoms with E-state index in [9.17, 15) is 8.42 Å². The van der Waals surface area contributed by atoms with E-state index in [1.165, 1.54) is 6.26 Å². The Kier molecular flexibility index (Phi) is 3.49. The van der Waals surface area contributed by atoms with Gasteiger partial charge in [-0.1, -0.05) is 6.42 Å². The van der Waals surface area contributed by atoms with E-state index in [1.807, 2.05) is 0 Å². The first-order chi connectivity index (χ1) is 11.0. The van der Waals surface area contributed by atoms with Crippen LogP contribution in [-0.2, 0) is 16.4 Å². The maximum absolute atomic E-state index is 11.5. The van der Waals surface area contributed by atoms with Crippen LogP contribution in [0.15, 0.2) is 6.20 Å². The second kappa shape index (κ2) is 5.41. The van der Waals surface area contributed by atoms with Crippen LogP contribution < -0.4 is 10.0 Å². The van der Waals surface area contributed by atoms with Crippen LogP contribution in [0.1, 0.15) is 43.1 Å². The van der Waals surface area contributed by atoms with E-state index < -0.39 is 10.0 Å². The topological polar surface area (TPSA) is 101 Å². The summed E-state index contributed by atoms with van der Waals surface area (Å²) in [6, 6.07) is -0.0240. The van der Waals surface area contributed by atoms with Crippen LogP contribution in [-0.4, -0.2) is 46.8 Å². The highest BCUT2D eigenvalue weighted by Crippen LogP contribution is 2.34. The van der Waals surface area contributed by atoms with Crippen molar-refractivity contribution in [2.75, 3.05) is 18.1 Å². The second-order valence-electron chi connectivity index (χ2n) is 6.43. The quantitative estimate of drug-likeness (QED) is 0.854. The maximum Gasteiger partial charge on any atom is 0.208 e. The third-order valence-electron chi connectivity index (χ3n) is 4.64. The normalized spacial score (nSPS) is 24.6. The molecule has 0 aromatic carbocycles. The van der Waals surface area contributed by atoms with Gasteiger partial charge in [0.1, 0.15) is 11.6 Å². The van der Waals surface area contributed by atoms with Gasteiger partial charge < -0.3 is 5.32 Å². The van der Waals surface area contributed by atoms with Gasteiger partial charge in [-0.25, -0.2) is 18.1 Å². The summed E-state index contributed by atoms with van der Waals surface area (Å²) in [7, 11) is -3.18. The molecular formula is C14H20N6O2S. The SMILES string of the molecule is CS(=O)(=O)N[C@@H]1CCC[C@H](c2nnc3cnc4c(n23)CCN4)C1. The summed E-state index contributed by atoms with van der Waals surface area (Å²) >= 11 is 0. The van der Waals surface area contributed by atoms with E-state index in [4.69, 9.17) is 0 Å². The van der Waals surface area contributed by atoms with Gasteiger partial charge in [-0.05, 0) is 19.3 Å². The molecule has 4 rings (SSSR count). The predicted molar refractivity (Wildman–Crippen MR) is 86.0 cm³/mol. The Morgan fingerprint density at radius 1 is 1.35 bits per heavy atom. The molecular weight excluding hydrogens is 316 g/mol.